The number of nitrogens with zero attached hydrogens (tertiary/aromatic N) is 1. The smallest absolute Gasteiger partial charge is 0.0911 e. The van der Waals surface area contributed by atoms with Gasteiger partial charge in [-0.05, 0) is 12.8 Å². The number of rotatable bonds is 6. The third kappa shape index (κ3) is 4.01. The molecule has 0 amide bonds. The highest BCUT2D eigenvalue weighted by Crippen LogP contribution is 2.03. The van der Waals surface area contributed by atoms with Gasteiger partial charge < -0.3 is 10.2 Å². The molecule has 4 heteroatoms. The van der Waals surface area contributed by atoms with Crippen molar-refractivity contribution in [2.24, 2.45) is 5.84 Å². The predicted molar refractivity (Wildman–Crippen MR) is 48.4 cm³/mol. The molecule has 0 aliphatic rings. The number of hydrogen-bond donors (Lipinski definition) is 3. The largest absolute Gasteiger partial charge is 0.394 e. The van der Waals surface area contributed by atoms with E-state index in [4.69, 9.17) is 16.1 Å². The molecule has 0 rings (SSSR count). The summed E-state index contributed by atoms with van der Waals surface area (Å²) >= 11 is 0. The molecular weight excluding hydrogens is 156 g/mol. The Morgan fingerprint density at radius 3 is 2.17 bits per heavy atom. The van der Waals surface area contributed by atoms with E-state index in [2.05, 4.69) is 13.8 Å². The van der Waals surface area contributed by atoms with E-state index in [1.165, 1.54) is 0 Å². The molecule has 0 aliphatic heterocycles. The summed E-state index contributed by atoms with van der Waals surface area (Å²) in [6.45, 7) is 4.22. The van der Waals surface area contributed by atoms with Gasteiger partial charge in [-0.1, -0.05) is 13.8 Å². The summed E-state index contributed by atoms with van der Waals surface area (Å²) in [5.74, 6) is 5.68. The van der Waals surface area contributed by atoms with Crippen LogP contribution in [0.1, 0.15) is 26.7 Å². The average molecular weight is 176 g/mol. The Bertz CT molecular complexity index is 107. The van der Waals surface area contributed by atoms with Crippen molar-refractivity contribution in [1.29, 1.82) is 0 Å². The van der Waals surface area contributed by atoms with Gasteiger partial charge in [0, 0.05) is 12.6 Å². The first kappa shape index (κ1) is 11.8. The van der Waals surface area contributed by atoms with E-state index >= 15 is 0 Å². The lowest BCUT2D eigenvalue weighted by Gasteiger charge is -2.26. The number of aliphatic hydroxyl groups excluding tert-OH is 2. The molecule has 4 N–H and O–H groups in total. The van der Waals surface area contributed by atoms with Gasteiger partial charge in [0.25, 0.3) is 0 Å². The van der Waals surface area contributed by atoms with Crippen LogP contribution >= 0.6 is 0 Å². The fraction of sp³-hybridized carbons (Fsp3) is 1.00. The molecule has 0 radical (unpaired) electrons. The van der Waals surface area contributed by atoms with E-state index in [-0.39, 0.29) is 6.61 Å². The van der Waals surface area contributed by atoms with Gasteiger partial charge in [0.15, 0.2) is 0 Å². The molecule has 74 valence electrons. The maximum absolute atomic E-state index is 9.10. The van der Waals surface area contributed by atoms with Crippen LogP contribution in [0.15, 0.2) is 0 Å². The number of hydrogen-bond acceptors (Lipinski definition) is 4. The van der Waals surface area contributed by atoms with Gasteiger partial charge in [-0.15, -0.1) is 0 Å². The second kappa shape index (κ2) is 6.37. The zero-order valence-corrected chi connectivity index (χ0v) is 7.90. The second-order valence-electron chi connectivity index (χ2n) is 3.00. The van der Waals surface area contributed by atoms with Crippen molar-refractivity contribution in [3.63, 3.8) is 0 Å². The lowest BCUT2D eigenvalue weighted by atomic mass is 10.1. The van der Waals surface area contributed by atoms with Gasteiger partial charge in [0.1, 0.15) is 0 Å². The first-order valence-corrected chi connectivity index (χ1v) is 4.45. The molecule has 4 nitrogen and oxygen atoms in total. The van der Waals surface area contributed by atoms with Gasteiger partial charge in [-0.2, -0.15) is 0 Å². The minimum Gasteiger partial charge on any atom is -0.394 e. The summed E-state index contributed by atoms with van der Waals surface area (Å²) in [6, 6.07) is 0.297. The van der Waals surface area contributed by atoms with E-state index in [0.29, 0.717) is 12.6 Å². The van der Waals surface area contributed by atoms with Gasteiger partial charge in [0.05, 0.1) is 12.7 Å². The molecule has 0 aromatic carbocycles. The Hall–Kier alpha value is -0.160. The van der Waals surface area contributed by atoms with Crippen LogP contribution in [0, 0.1) is 0 Å². The van der Waals surface area contributed by atoms with E-state index in [9.17, 15) is 0 Å². The van der Waals surface area contributed by atoms with Crippen LogP contribution < -0.4 is 5.84 Å². The summed E-state index contributed by atoms with van der Waals surface area (Å²) in [4.78, 5) is 0. The highest BCUT2D eigenvalue weighted by atomic mass is 16.3. The molecule has 12 heavy (non-hydrogen) atoms. The zero-order valence-electron chi connectivity index (χ0n) is 7.90. The van der Waals surface area contributed by atoms with Crippen molar-refractivity contribution in [1.82, 2.24) is 5.01 Å². The van der Waals surface area contributed by atoms with Crippen LogP contribution in [-0.4, -0.2) is 40.5 Å². The molecule has 0 heterocycles. The number of aliphatic hydroxyl groups is 2. The molecular formula is C8H20N2O2. The van der Waals surface area contributed by atoms with Crippen molar-refractivity contribution in [2.45, 2.75) is 38.8 Å². The third-order valence-electron chi connectivity index (χ3n) is 2.04. The third-order valence-corrected chi connectivity index (χ3v) is 2.04. The van der Waals surface area contributed by atoms with Crippen molar-refractivity contribution in [3.05, 3.63) is 0 Å². The van der Waals surface area contributed by atoms with E-state index < -0.39 is 6.10 Å². The maximum atomic E-state index is 9.10. The second-order valence-corrected chi connectivity index (χ2v) is 3.00. The molecule has 0 aromatic rings. The fourth-order valence-corrected chi connectivity index (χ4v) is 1.21. The van der Waals surface area contributed by atoms with Crippen molar-refractivity contribution in [2.75, 3.05) is 13.2 Å². The van der Waals surface area contributed by atoms with Gasteiger partial charge in [-0.25, -0.2) is 5.01 Å². The molecule has 0 unspecified atom stereocenters. The van der Waals surface area contributed by atoms with Crippen LogP contribution in [0.4, 0.5) is 0 Å². The average Bonchev–Trinajstić information content (AvgIpc) is 2.06. The zero-order chi connectivity index (χ0) is 9.56. The Balaban J connectivity index is 3.75. The quantitative estimate of drug-likeness (QED) is 0.384. The summed E-state index contributed by atoms with van der Waals surface area (Å²) < 4.78 is 0. The Morgan fingerprint density at radius 2 is 1.83 bits per heavy atom. The topological polar surface area (TPSA) is 69.7 Å². The maximum Gasteiger partial charge on any atom is 0.0911 e. The van der Waals surface area contributed by atoms with Crippen molar-refractivity contribution >= 4 is 0 Å². The first-order valence-electron chi connectivity index (χ1n) is 4.45. The molecule has 0 aromatic heterocycles. The molecule has 0 aliphatic carbocycles. The van der Waals surface area contributed by atoms with Crippen LogP contribution in [0.5, 0.6) is 0 Å². The van der Waals surface area contributed by atoms with Gasteiger partial charge in [-0.3, -0.25) is 5.84 Å². The number of hydrazine groups is 1. The molecule has 0 spiro atoms. The minimum absolute atomic E-state index is 0.228. The minimum atomic E-state index is -0.726. The van der Waals surface area contributed by atoms with Gasteiger partial charge in [0.2, 0.25) is 0 Å². The molecule has 0 saturated heterocycles. The number of nitrogens with two attached hydrogens (primary N) is 1. The Morgan fingerprint density at radius 1 is 1.33 bits per heavy atom. The van der Waals surface area contributed by atoms with Crippen molar-refractivity contribution < 1.29 is 10.2 Å². The van der Waals surface area contributed by atoms with E-state index in [0.717, 1.165) is 12.8 Å². The van der Waals surface area contributed by atoms with Gasteiger partial charge >= 0.3 is 0 Å². The molecule has 0 saturated carbocycles. The Labute approximate surface area is 74.0 Å². The van der Waals surface area contributed by atoms with Crippen LogP contribution in [0.2, 0.25) is 0 Å². The lowest BCUT2D eigenvalue weighted by molar-refractivity contribution is 0.0425. The van der Waals surface area contributed by atoms with Crippen LogP contribution in [0.3, 0.4) is 0 Å². The standard InChI is InChI=1S/C8H20N2O2/c1-3-7(4-2)10(9)5-8(12)6-11/h7-8,11-12H,3-6,9H2,1-2H3/t8-/m0/s1. The highest BCUT2D eigenvalue weighted by molar-refractivity contribution is 4.66. The Kier molecular flexibility index (Phi) is 6.28. The summed E-state index contributed by atoms with van der Waals surface area (Å²) in [5, 5.41) is 19.3. The van der Waals surface area contributed by atoms with Crippen molar-refractivity contribution in [3.8, 4) is 0 Å². The lowest BCUT2D eigenvalue weighted by Crippen LogP contribution is -2.45. The normalized spacial score (nSPS) is 14.2. The summed E-state index contributed by atoms with van der Waals surface area (Å²) in [6.07, 6.45) is 1.20. The SMILES string of the molecule is CCC(CC)N(N)C[C@H](O)CO. The summed E-state index contributed by atoms with van der Waals surface area (Å²) in [7, 11) is 0. The first-order chi connectivity index (χ1) is 5.65. The monoisotopic (exact) mass is 176 g/mol. The molecule has 0 bridgehead atoms. The van der Waals surface area contributed by atoms with E-state index in [1.807, 2.05) is 0 Å². The fourth-order valence-electron chi connectivity index (χ4n) is 1.21. The predicted octanol–water partition coefficient (Wildman–Crippen LogP) is -0.296. The molecule has 1 atom stereocenters. The molecule has 0 fully saturated rings. The highest BCUT2D eigenvalue weighted by Gasteiger charge is 2.14. The van der Waals surface area contributed by atoms with Crippen LogP contribution in [0.25, 0.3) is 0 Å². The van der Waals surface area contributed by atoms with E-state index in [1.54, 1.807) is 5.01 Å². The summed E-state index contributed by atoms with van der Waals surface area (Å²) in [5.41, 5.74) is 0. The van der Waals surface area contributed by atoms with Crippen LogP contribution in [-0.2, 0) is 0 Å².